The third-order valence-electron chi connectivity index (χ3n) is 6.41. The van der Waals surface area contributed by atoms with Crippen molar-refractivity contribution in [1.82, 2.24) is 10.3 Å². The average molecular weight is 492 g/mol. The zero-order valence-electron chi connectivity index (χ0n) is 20.3. The van der Waals surface area contributed by atoms with Crippen molar-refractivity contribution in [2.45, 2.75) is 12.5 Å². The van der Waals surface area contributed by atoms with Crippen molar-refractivity contribution in [1.29, 1.82) is 0 Å². The quantitative estimate of drug-likeness (QED) is 0.175. The van der Waals surface area contributed by atoms with Crippen molar-refractivity contribution < 1.29 is 10.2 Å². The molecule has 0 radical (unpaired) electrons. The van der Waals surface area contributed by atoms with E-state index < -0.39 is 6.10 Å². The van der Waals surface area contributed by atoms with Crippen LogP contribution in [0.2, 0.25) is 0 Å². The first-order valence-electron chi connectivity index (χ1n) is 12.3. The summed E-state index contributed by atoms with van der Waals surface area (Å²) in [6.45, 7) is 1.06. The van der Waals surface area contributed by atoms with Crippen LogP contribution in [-0.2, 0) is 6.42 Å². The Morgan fingerprint density at radius 1 is 0.784 bits per heavy atom. The maximum atomic E-state index is 11.6. The van der Waals surface area contributed by atoms with Gasteiger partial charge in [0.1, 0.15) is 5.75 Å². The number of benzene rings is 4. The second kappa shape index (κ2) is 11.1. The highest BCUT2D eigenvalue weighted by Crippen LogP contribution is 2.28. The molecule has 6 heteroatoms. The maximum Gasteiger partial charge on any atom is 0.248 e. The molecule has 0 bridgehead atoms. The Bertz CT molecular complexity index is 1550. The summed E-state index contributed by atoms with van der Waals surface area (Å²) >= 11 is 0. The molecular weight excluding hydrogens is 462 g/mol. The van der Waals surface area contributed by atoms with Crippen LogP contribution in [0.25, 0.3) is 22.0 Å². The summed E-state index contributed by atoms with van der Waals surface area (Å²) in [6.07, 6.45) is 0.0485. The fourth-order valence-corrected chi connectivity index (χ4v) is 4.46. The number of nitrogens with one attached hydrogen (secondary N) is 3. The molecule has 0 aliphatic carbocycles. The molecule has 0 fully saturated rings. The molecule has 0 spiro atoms. The fourth-order valence-electron chi connectivity index (χ4n) is 4.46. The second-order valence-electron chi connectivity index (χ2n) is 9.02. The highest BCUT2D eigenvalue weighted by Gasteiger charge is 2.13. The number of anilines is 2. The van der Waals surface area contributed by atoms with E-state index in [1.165, 1.54) is 28.8 Å². The van der Waals surface area contributed by atoms with Crippen LogP contribution in [0, 0.1) is 0 Å². The molecule has 5 N–H and O–H groups in total. The van der Waals surface area contributed by atoms with Gasteiger partial charge in [-0.1, -0.05) is 60.7 Å². The zero-order chi connectivity index (χ0) is 25.6. The predicted molar refractivity (Wildman–Crippen MR) is 149 cm³/mol. The monoisotopic (exact) mass is 491 g/mol. The lowest BCUT2D eigenvalue weighted by Gasteiger charge is -2.15. The number of phenols is 1. The van der Waals surface area contributed by atoms with Gasteiger partial charge in [-0.25, -0.2) is 0 Å². The number of aromatic amines is 1. The van der Waals surface area contributed by atoms with E-state index in [2.05, 4.69) is 76.3 Å². The topological polar surface area (TPSA) is 97.4 Å². The number of H-pyrrole nitrogens is 1. The second-order valence-corrected chi connectivity index (χ2v) is 9.02. The largest absolute Gasteiger partial charge is 0.506 e. The highest BCUT2D eigenvalue weighted by molar-refractivity contribution is 5.87. The van der Waals surface area contributed by atoms with E-state index in [0.29, 0.717) is 29.6 Å². The minimum Gasteiger partial charge on any atom is -0.506 e. The van der Waals surface area contributed by atoms with Crippen molar-refractivity contribution >= 4 is 22.3 Å². The number of aromatic nitrogens is 1. The summed E-state index contributed by atoms with van der Waals surface area (Å²) in [5, 5.41) is 28.1. The molecule has 0 saturated carbocycles. The Labute approximate surface area is 215 Å². The van der Waals surface area contributed by atoms with Crippen LogP contribution in [0.1, 0.15) is 17.2 Å². The summed E-state index contributed by atoms with van der Waals surface area (Å²) in [6, 6.07) is 33.2. The molecule has 0 aliphatic heterocycles. The number of hydrogen-bond donors (Lipinski definition) is 5. The molecule has 0 saturated heterocycles. The number of fused-ring (bicyclic) bond motifs is 1. The highest BCUT2D eigenvalue weighted by atomic mass is 16.3. The van der Waals surface area contributed by atoms with E-state index in [1.807, 2.05) is 18.2 Å². The standard InChI is InChI=1S/C31H29N3O3/c35-28-15-13-26(27-14-16-30(37)34-31(27)28)29(36)20-32-18-17-21-9-11-24(12-10-21)33-25-8-4-7-23(19-25)22-5-2-1-3-6-22/h1-16,19,29,32-33,35-36H,17-18,20H2,(H,34,37)/t29-/m0/s1. The van der Waals surface area contributed by atoms with Gasteiger partial charge in [0, 0.05) is 29.4 Å². The van der Waals surface area contributed by atoms with Gasteiger partial charge in [-0.2, -0.15) is 0 Å². The van der Waals surface area contributed by atoms with Crippen LogP contribution in [0.5, 0.6) is 5.75 Å². The lowest BCUT2D eigenvalue weighted by atomic mass is 10.0. The number of aliphatic hydroxyl groups excluding tert-OH is 1. The smallest absolute Gasteiger partial charge is 0.248 e. The van der Waals surface area contributed by atoms with Crippen LogP contribution in [0.3, 0.4) is 0 Å². The minimum absolute atomic E-state index is 0.0153. The molecule has 5 aromatic rings. The van der Waals surface area contributed by atoms with E-state index >= 15 is 0 Å². The number of rotatable bonds is 9. The fraction of sp³-hybridized carbons (Fsp3) is 0.129. The van der Waals surface area contributed by atoms with Gasteiger partial charge >= 0.3 is 0 Å². The molecule has 0 amide bonds. The van der Waals surface area contributed by atoms with Crippen LogP contribution in [0.4, 0.5) is 11.4 Å². The zero-order valence-corrected chi connectivity index (χ0v) is 20.3. The van der Waals surface area contributed by atoms with E-state index in [0.717, 1.165) is 17.8 Å². The van der Waals surface area contributed by atoms with Crippen LogP contribution in [-0.4, -0.2) is 28.3 Å². The van der Waals surface area contributed by atoms with Gasteiger partial charge in [-0.15, -0.1) is 0 Å². The first-order chi connectivity index (χ1) is 18.1. The molecule has 1 aromatic heterocycles. The third-order valence-corrected chi connectivity index (χ3v) is 6.41. The Hall–Kier alpha value is -4.39. The Morgan fingerprint density at radius 3 is 2.38 bits per heavy atom. The van der Waals surface area contributed by atoms with Gasteiger partial charge in [0.25, 0.3) is 0 Å². The number of phenolic OH excluding ortho intramolecular Hbond substituents is 1. The van der Waals surface area contributed by atoms with Crippen molar-refractivity contribution in [2.75, 3.05) is 18.4 Å². The molecule has 0 unspecified atom stereocenters. The Balaban J connectivity index is 1.14. The number of pyridine rings is 1. The van der Waals surface area contributed by atoms with Crippen molar-refractivity contribution in [3.8, 4) is 16.9 Å². The summed E-state index contributed by atoms with van der Waals surface area (Å²) in [5.74, 6) is -0.0153. The van der Waals surface area contributed by atoms with Gasteiger partial charge in [-0.3, -0.25) is 4.79 Å². The minimum atomic E-state index is -0.771. The van der Waals surface area contributed by atoms with Crippen molar-refractivity contribution in [3.05, 3.63) is 125 Å². The van der Waals surface area contributed by atoms with E-state index in [1.54, 1.807) is 12.1 Å². The molecule has 6 nitrogen and oxygen atoms in total. The van der Waals surface area contributed by atoms with Gasteiger partial charge in [0.15, 0.2) is 0 Å². The van der Waals surface area contributed by atoms with Crippen LogP contribution in [0.15, 0.2) is 108 Å². The summed E-state index contributed by atoms with van der Waals surface area (Å²) in [5.41, 5.74) is 6.31. The van der Waals surface area contributed by atoms with E-state index in [9.17, 15) is 15.0 Å². The lowest BCUT2D eigenvalue weighted by molar-refractivity contribution is 0.176. The van der Waals surface area contributed by atoms with Crippen LogP contribution >= 0.6 is 0 Å². The predicted octanol–water partition coefficient (Wildman–Crippen LogP) is 5.51. The van der Waals surface area contributed by atoms with Gasteiger partial charge in [0.05, 0.1) is 11.6 Å². The number of aliphatic hydroxyl groups is 1. The van der Waals surface area contributed by atoms with E-state index in [-0.39, 0.29) is 11.3 Å². The van der Waals surface area contributed by atoms with Gasteiger partial charge < -0.3 is 25.8 Å². The summed E-state index contributed by atoms with van der Waals surface area (Å²) < 4.78 is 0. The SMILES string of the molecule is O=c1ccc2c([C@@H](O)CNCCc3ccc(Nc4cccc(-c5ccccc5)c4)cc3)ccc(O)c2[nH]1. The van der Waals surface area contributed by atoms with Crippen molar-refractivity contribution in [2.24, 2.45) is 0 Å². The molecule has 5 rings (SSSR count). The van der Waals surface area contributed by atoms with E-state index in [4.69, 9.17) is 0 Å². The molecule has 186 valence electrons. The molecule has 4 aromatic carbocycles. The molecule has 1 heterocycles. The molecular formula is C31H29N3O3. The normalized spacial score (nSPS) is 11.9. The van der Waals surface area contributed by atoms with Gasteiger partial charge in [-0.05, 0) is 71.6 Å². The lowest BCUT2D eigenvalue weighted by Crippen LogP contribution is -2.24. The molecule has 0 aliphatic rings. The summed E-state index contributed by atoms with van der Waals surface area (Å²) in [4.78, 5) is 14.2. The Kier molecular flexibility index (Phi) is 7.31. The van der Waals surface area contributed by atoms with Gasteiger partial charge in [0.2, 0.25) is 5.56 Å². The Morgan fingerprint density at radius 2 is 1.57 bits per heavy atom. The molecule has 37 heavy (non-hydrogen) atoms. The molecule has 1 atom stereocenters. The van der Waals surface area contributed by atoms with Crippen molar-refractivity contribution in [3.63, 3.8) is 0 Å². The summed E-state index contributed by atoms with van der Waals surface area (Å²) in [7, 11) is 0. The maximum absolute atomic E-state index is 11.6. The average Bonchev–Trinajstić information content (AvgIpc) is 2.93. The third kappa shape index (κ3) is 5.89. The number of aromatic hydroxyl groups is 1. The first-order valence-corrected chi connectivity index (χ1v) is 12.3. The van der Waals surface area contributed by atoms with Crippen LogP contribution < -0.4 is 16.2 Å². The number of hydrogen-bond acceptors (Lipinski definition) is 5. The first kappa shape index (κ1) is 24.3.